The highest BCUT2D eigenvalue weighted by Gasteiger charge is 2.22. The van der Waals surface area contributed by atoms with Crippen molar-refractivity contribution in [3.8, 4) is 11.8 Å². The predicted octanol–water partition coefficient (Wildman–Crippen LogP) is 4.44. The van der Waals surface area contributed by atoms with Crippen LogP contribution in [0.25, 0.3) is 0 Å². The summed E-state index contributed by atoms with van der Waals surface area (Å²) < 4.78 is 13.9. The zero-order chi connectivity index (χ0) is 23.8. The number of aliphatic hydroxyl groups is 2. The minimum atomic E-state index is -0.967. The summed E-state index contributed by atoms with van der Waals surface area (Å²) in [6, 6.07) is 20.9. The second-order valence-electron chi connectivity index (χ2n) is 8.88. The number of aryl methyl sites for hydroxylation is 3. The Morgan fingerprint density at radius 2 is 1.61 bits per heavy atom. The van der Waals surface area contributed by atoms with Crippen molar-refractivity contribution in [3.63, 3.8) is 0 Å². The van der Waals surface area contributed by atoms with Gasteiger partial charge in [0.15, 0.2) is 0 Å². The molecular weight excluding hydrogens is 413 g/mol. The van der Waals surface area contributed by atoms with E-state index in [0.29, 0.717) is 19.3 Å². The van der Waals surface area contributed by atoms with Gasteiger partial charge in [-0.15, -0.1) is 0 Å². The van der Waals surface area contributed by atoms with Crippen LogP contribution in [0.1, 0.15) is 45.7 Å². The minimum Gasteiger partial charge on any atom is -0.394 e. The Hall–Kier alpha value is -2.97. The van der Waals surface area contributed by atoms with Crippen molar-refractivity contribution in [1.82, 2.24) is 0 Å². The van der Waals surface area contributed by atoms with E-state index in [-0.39, 0.29) is 24.9 Å². The van der Waals surface area contributed by atoms with E-state index in [1.807, 2.05) is 30.3 Å². The van der Waals surface area contributed by atoms with Gasteiger partial charge in [0.25, 0.3) is 0 Å². The highest BCUT2D eigenvalue weighted by molar-refractivity contribution is 5.41. The van der Waals surface area contributed by atoms with Crippen LogP contribution in [0.2, 0.25) is 0 Å². The SMILES string of the molecule is Cc1ccc(CC(C#Cc2ccc(CCC(N)(CO)CO)cc2)c2cccc(F)c2)cc1C. The fraction of sp³-hybridized carbons (Fsp3) is 0.310. The average molecular weight is 446 g/mol. The van der Waals surface area contributed by atoms with E-state index in [0.717, 1.165) is 16.7 Å². The van der Waals surface area contributed by atoms with Gasteiger partial charge in [0.1, 0.15) is 5.82 Å². The maximum Gasteiger partial charge on any atom is 0.123 e. The van der Waals surface area contributed by atoms with Gasteiger partial charge in [0, 0.05) is 11.5 Å². The molecule has 0 spiro atoms. The molecule has 3 nitrogen and oxygen atoms in total. The molecule has 33 heavy (non-hydrogen) atoms. The third kappa shape index (κ3) is 7.00. The summed E-state index contributed by atoms with van der Waals surface area (Å²) in [5.41, 5.74) is 11.5. The molecule has 0 bridgehead atoms. The van der Waals surface area contributed by atoms with Crippen molar-refractivity contribution < 1.29 is 14.6 Å². The van der Waals surface area contributed by atoms with Crippen molar-refractivity contribution in [3.05, 3.63) is 106 Å². The normalized spacial score (nSPS) is 12.2. The minimum absolute atomic E-state index is 0.130. The van der Waals surface area contributed by atoms with Gasteiger partial charge in [-0.1, -0.05) is 54.3 Å². The van der Waals surface area contributed by atoms with Crippen molar-refractivity contribution in [2.24, 2.45) is 5.73 Å². The summed E-state index contributed by atoms with van der Waals surface area (Å²) in [6.07, 6.45) is 1.85. The molecule has 0 aliphatic carbocycles. The fourth-order valence-electron chi connectivity index (χ4n) is 3.67. The number of hydrogen-bond donors (Lipinski definition) is 3. The van der Waals surface area contributed by atoms with E-state index in [9.17, 15) is 14.6 Å². The van der Waals surface area contributed by atoms with Gasteiger partial charge in [0.2, 0.25) is 0 Å². The monoisotopic (exact) mass is 445 g/mol. The Labute approximate surface area is 196 Å². The second kappa shape index (κ2) is 11.2. The molecule has 0 aliphatic heterocycles. The summed E-state index contributed by atoms with van der Waals surface area (Å²) in [7, 11) is 0. The number of rotatable bonds is 8. The first-order chi connectivity index (χ1) is 15.8. The van der Waals surface area contributed by atoms with Crippen molar-refractivity contribution in [2.75, 3.05) is 13.2 Å². The Morgan fingerprint density at radius 1 is 0.909 bits per heavy atom. The molecule has 3 aromatic carbocycles. The molecule has 0 aliphatic rings. The Morgan fingerprint density at radius 3 is 2.24 bits per heavy atom. The average Bonchev–Trinajstić information content (AvgIpc) is 2.83. The van der Waals surface area contributed by atoms with Gasteiger partial charge in [0.05, 0.1) is 18.8 Å². The van der Waals surface area contributed by atoms with E-state index in [4.69, 9.17) is 5.73 Å². The van der Waals surface area contributed by atoms with Gasteiger partial charge in [-0.2, -0.15) is 0 Å². The smallest absolute Gasteiger partial charge is 0.123 e. The van der Waals surface area contributed by atoms with Crippen LogP contribution in [0.5, 0.6) is 0 Å². The number of hydrogen-bond acceptors (Lipinski definition) is 3. The molecule has 0 radical (unpaired) electrons. The van der Waals surface area contributed by atoms with Crippen molar-refractivity contribution >= 4 is 0 Å². The summed E-state index contributed by atoms with van der Waals surface area (Å²) in [4.78, 5) is 0. The first-order valence-electron chi connectivity index (χ1n) is 11.2. The number of aliphatic hydroxyl groups excluding tert-OH is 2. The van der Waals surface area contributed by atoms with Gasteiger partial charge >= 0.3 is 0 Å². The van der Waals surface area contributed by atoms with Crippen LogP contribution in [0, 0.1) is 31.5 Å². The standard InChI is InChI=1S/C29H32FNO2/c1-21-6-7-25(16-22(21)2)17-27(26-4-3-5-28(30)18-26)13-12-23-8-10-24(11-9-23)14-15-29(31,19-32)20-33/h3-11,16,18,27,32-33H,14-15,17,19-20,31H2,1-2H3. The molecule has 0 saturated heterocycles. The molecule has 1 unspecified atom stereocenters. The number of nitrogens with two attached hydrogens (primary N) is 1. The topological polar surface area (TPSA) is 66.5 Å². The first kappa shape index (κ1) is 24.7. The second-order valence-corrected chi connectivity index (χ2v) is 8.88. The van der Waals surface area contributed by atoms with Gasteiger partial charge in [-0.3, -0.25) is 0 Å². The maximum absolute atomic E-state index is 13.9. The molecule has 3 aromatic rings. The molecule has 0 amide bonds. The highest BCUT2D eigenvalue weighted by Crippen LogP contribution is 2.23. The van der Waals surface area contributed by atoms with Gasteiger partial charge in [-0.05, 0) is 85.2 Å². The molecule has 3 rings (SSSR count). The van der Waals surface area contributed by atoms with Gasteiger partial charge < -0.3 is 15.9 Å². The Kier molecular flexibility index (Phi) is 8.41. The summed E-state index contributed by atoms with van der Waals surface area (Å²) in [5, 5.41) is 18.7. The number of benzene rings is 3. The summed E-state index contributed by atoms with van der Waals surface area (Å²) >= 11 is 0. The fourth-order valence-corrected chi connectivity index (χ4v) is 3.67. The lowest BCUT2D eigenvalue weighted by Gasteiger charge is -2.24. The molecule has 4 N–H and O–H groups in total. The van der Waals surface area contributed by atoms with Crippen LogP contribution in [0.4, 0.5) is 4.39 Å². The molecule has 0 heterocycles. The van der Waals surface area contributed by atoms with Gasteiger partial charge in [-0.25, -0.2) is 4.39 Å². The van der Waals surface area contributed by atoms with E-state index in [1.54, 1.807) is 12.1 Å². The van der Waals surface area contributed by atoms with Crippen LogP contribution in [0.15, 0.2) is 66.7 Å². The molecule has 0 saturated carbocycles. The van der Waals surface area contributed by atoms with Crippen LogP contribution in [-0.4, -0.2) is 29.0 Å². The van der Waals surface area contributed by atoms with Crippen LogP contribution < -0.4 is 5.73 Å². The maximum atomic E-state index is 13.9. The quantitative estimate of drug-likeness (QED) is 0.449. The summed E-state index contributed by atoms with van der Waals surface area (Å²) in [5.74, 6) is 6.22. The van der Waals surface area contributed by atoms with Crippen LogP contribution in [-0.2, 0) is 12.8 Å². The summed E-state index contributed by atoms with van der Waals surface area (Å²) in [6.45, 7) is 3.68. The lowest BCUT2D eigenvalue weighted by Crippen LogP contribution is -2.47. The molecule has 0 fully saturated rings. The van der Waals surface area contributed by atoms with E-state index in [1.165, 1.54) is 22.8 Å². The largest absolute Gasteiger partial charge is 0.394 e. The number of halogens is 1. The Balaban J connectivity index is 1.79. The lowest BCUT2D eigenvalue weighted by molar-refractivity contribution is 0.115. The molecular formula is C29H32FNO2. The predicted molar refractivity (Wildman–Crippen MR) is 131 cm³/mol. The molecule has 0 aromatic heterocycles. The third-order valence-electron chi connectivity index (χ3n) is 6.15. The van der Waals surface area contributed by atoms with Crippen molar-refractivity contribution in [2.45, 2.75) is 44.6 Å². The zero-order valence-electron chi connectivity index (χ0n) is 19.3. The first-order valence-corrected chi connectivity index (χ1v) is 11.2. The molecule has 4 heteroatoms. The van der Waals surface area contributed by atoms with Crippen LogP contribution >= 0.6 is 0 Å². The van der Waals surface area contributed by atoms with Crippen LogP contribution in [0.3, 0.4) is 0 Å². The van der Waals surface area contributed by atoms with Crippen molar-refractivity contribution in [1.29, 1.82) is 0 Å². The zero-order valence-corrected chi connectivity index (χ0v) is 19.3. The lowest BCUT2D eigenvalue weighted by atomic mass is 9.90. The molecule has 1 atom stereocenters. The van der Waals surface area contributed by atoms with E-state index >= 15 is 0 Å². The molecule has 172 valence electrons. The highest BCUT2D eigenvalue weighted by atomic mass is 19.1. The van der Waals surface area contributed by atoms with E-state index in [2.05, 4.69) is 43.9 Å². The Bertz CT molecular complexity index is 1120. The third-order valence-corrected chi connectivity index (χ3v) is 6.15. The van der Waals surface area contributed by atoms with E-state index < -0.39 is 5.54 Å².